The van der Waals surface area contributed by atoms with Crippen molar-refractivity contribution in [3.8, 4) is 0 Å². The van der Waals surface area contributed by atoms with Gasteiger partial charge < -0.3 is 15.1 Å². The third-order valence-corrected chi connectivity index (χ3v) is 6.45. The average molecular weight is 476 g/mol. The van der Waals surface area contributed by atoms with Gasteiger partial charge in [0.2, 0.25) is 5.91 Å². The number of furan rings is 1. The maximum Gasteiger partial charge on any atom is 0.251 e. The Labute approximate surface area is 204 Å². The zero-order chi connectivity index (χ0) is 23.8. The number of amides is 2. The first-order valence-electron chi connectivity index (χ1n) is 11.4. The van der Waals surface area contributed by atoms with Gasteiger partial charge in [0.15, 0.2) is 0 Å². The molecule has 1 saturated carbocycles. The van der Waals surface area contributed by atoms with Gasteiger partial charge in [0, 0.05) is 28.8 Å². The molecule has 1 heterocycles. The number of hydrogen-bond acceptors (Lipinski definition) is 5. The van der Waals surface area contributed by atoms with E-state index in [9.17, 15) is 9.59 Å². The fourth-order valence-corrected chi connectivity index (χ4v) is 4.29. The molecule has 7 heteroatoms. The summed E-state index contributed by atoms with van der Waals surface area (Å²) in [5.74, 6) is 1.43. The maximum absolute atomic E-state index is 13.0. The summed E-state index contributed by atoms with van der Waals surface area (Å²) in [5.41, 5.74) is 2.47. The number of anilines is 1. The lowest BCUT2D eigenvalue weighted by Gasteiger charge is -2.21. The molecule has 6 nitrogen and oxygen atoms in total. The Morgan fingerprint density at radius 3 is 2.56 bits per heavy atom. The first kappa shape index (κ1) is 23.9. The predicted octanol–water partition coefficient (Wildman–Crippen LogP) is 5.09. The molecule has 2 N–H and O–H groups in total. The second-order valence-electron chi connectivity index (χ2n) is 8.31. The molecule has 176 valence electrons. The number of carbonyl (C=O) groups excluding carboxylic acids is 2. The Morgan fingerprint density at radius 1 is 1.06 bits per heavy atom. The van der Waals surface area contributed by atoms with Crippen LogP contribution in [0.25, 0.3) is 0 Å². The van der Waals surface area contributed by atoms with Crippen molar-refractivity contribution >= 4 is 29.3 Å². The van der Waals surface area contributed by atoms with Crippen LogP contribution in [-0.2, 0) is 17.9 Å². The van der Waals surface area contributed by atoms with E-state index in [-0.39, 0.29) is 18.4 Å². The molecule has 0 atom stereocenters. The van der Waals surface area contributed by atoms with Gasteiger partial charge in [-0.15, -0.1) is 18.3 Å². The van der Waals surface area contributed by atoms with Crippen molar-refractivity contribution in [3.05, 3.63) is 96.5 Å². The maximum atomic E-state index is 13.0. The van der Waals surface area contributed by atoms with Crippen molar-refractivity contribution in [3.63, 3.8) is 0 Å². The molecular weight excluding hydrogens is 446 g/mol. The Morgan fingerprint density at radius 2 is 1.85 bits per heavy atom. The molecule has 1 aromatic heterocycles. The molecule has 1 aliphatic rings. The summed E-state index contributed by atoms with van der Waals surface area (Å²) in [6.07, 6.45) is 5.60. The molecule has 2 aromatic carbocycles. The van der Waals surface area contributed by atoms with Gasteiger partial charge in [-0.3, -0.25) is 14.5 Å². The molecule has 2 amide bonds. The first-order chi connectivity index (χ1) is 16.6. The quantitative estimate of drug-likeness (QED) is 0.282. The molecule has 0 spiro atoms. The minimum absolute atomic E-state index is 0.0335. The van der Waals surface area contributed by atoms with Gasteiger partial charge in [-0.25, -0.2) is 0 Å². The largest absolute Gasteiger partial charge is 0.468 e. The van der Waals surface area contributed by atoms with Crippen LogP contribution in [0.3, 0.4) is 0 Å². The van der Waals surface area contributed by atoms with Gasteiger partial charge in [-0.2, -0.15) is 0 Å². The van der Waals surface area contributed by atoms with Gasteiger partial charge in [0.1, 0.15) is 5.76 Å². The number of carbonyl (C=O) groups is 2. The summed E-state index contributed by atoms with van der Waals surface area (Å²) in [4.78, 5) is 28.2. The van der Waals surface area contributed by atoms with Crippen LogP contribution in [0.5, 0.6) is 0 Å². The number of rotatable bonds is 12. The summed E-state index contributed by atoms with van der Waals surface area (Å²) in [6, 6.07) is 19.4. The molecule has 0 saturated heterocycles. The highest BCUT2D eigenvalue weighted by atomic mass is 32.2. The highest BCUT2D eigenvalue weighted by Gasteiger charge is 2.23. The lowest BCUT2D eigenvalue weighted by molar-refractivity contribution is -0.117. The van der Waals surface area contributed by atoms with Crippen molar-refractivity contribution in [2.24, 2.45) is 0 Å². The minimum atomic E-state index is -0.0985. The van der Waals surface area contributed by atoms with Crippen LogP contribution in [0, 0.1) is 0 Å². The van der Waals surface area contributed by atoms with Crippen LogP contribution in [-0.4, -0.2) is 35.1 Å². The van der Waals surface area contributed by atoms with E-state index in [1.54, 1.807) is 18.0 Å². The Bertz CT molecular complexity index is 1110. The summed E-state index contributed by atoms with van der Waals surface area (Å²) in [6.45, 7) is 5.01. The normalized spacial score (nSPS) is 13.0. The van der Waals surface area contributed by atoms with Crippen molar-refractivity contribution < 1.29 is 14.0 Å². The van der Waals surface area contributed by atoms with E-state index in [1.165, 1.54) is 0 Å². The van der Waals surface area contributed by atoms with Crippen LogP contribution >= 0.6 is 11.8 Å². The van der Waals surface area contributed by atoms with E-state index < -0.39 is 0 Å². The van der Waals surface area contributed by atoms with E-state index in [0.29, 0.717) is 24.7 Å². The topological polar surface area (TPSA) is 74.6 Å². The average Bonchev–Trinajstić information content (AvgIpc) is 3.50. The van der Waals surface area contributed by atoms with Crippen LogP contribution in [0.1, 0.15) is 34.5 Å². The zero-order valence-electron chi connectivity index (χ0n) is 19.0. The Kier molecular flexibility index (Phi) is 8.22. The van der Waals surface area contributed by atoms with E-state index in [1.807, 2.05) is 71.6 Å². The Balaban J connectivity index is 1.41. The summed E-state index contributed by atoms with van der Waals surface area (Å²) < 4.78 is 5.52. The second-order valence-corrected chi connectivity index (χ2v) is 9.38. The number of nitrogens with zero attached hydrogens (tertiary/aromatic N) is 1. The standard InChI is InChI=1S/C27H29N3O3S/c1-2-16-34-25-8-4-3-7-24(25)29-26(31)19-30(18-23-6-5-15-33-23)17-20-9-11-21(12-10-20)27(32)28-22-13-14-22/h2-12,15,22H,1,13-14,16-19H2,(H,28,32)(H,29,31). The summed E-state index contributed by atoms with van der Waals surface area (Å²) in [5, 5.41) is 6.05. The third-order valence-electron chi connectivity index (χ3n) is 5.38. The SMILES string of the molecule is C=CCSc1ccccc1NC(=O)CN(Cc1ccc(C(=O)NC2CC2)cc1)Cc1ccco1. The number of nitrogens with one attached hydrogen (secondary N) is 2. The lowest BCUT2D eigenvalue weighted by Crippen LogP contribution is -2.32. The number of benzene rings is 2. The fourth-order valence-electron chi connectivity index (χ4n) is 3.54. The smallest absolute Gasteiger partial charge is 0.251 e. The van der Waals surface area contributed by atoms with Crippen LogP contribution in [0.4, 0.5) is 5.69 Å². The van der Waals surface area contributed by atoms with Crippen LogP contribution in [0.2, 0.25) is 0 Å². The molecule has 0 radical (unpaired) electrons. The van der Waals surface area contributed by atoms with Crippen molar-refractivity contribution in [1.29, 1.82) is 0 Å². The number of hydrogen-bond donors (Lipinski definition) is 2. The predicted molar refractivity (Wildman–Crippen MR) is 136 cm³/mol. The molecule has 0 aliphatic heterocycles. The van der Waals surface area contributed by atoms with Crippen molar-refractivity contribution in [2.45, 2.75) is 36.9 Å². The number of para-hydroxylation sites is 1. The molecule has 3 aromatic rings. The minimum Gasteiger partial charge on any atom is -0.468 e. The zero-order valence-corrected chi connectivity index (χ0v) is 19.9. The Hall–Kier alpha value is -3.29. The van der Waals surface area contributed by atoms with E-state index >= 15 is 0 Å². The first-order valence-corrected chi connectivity index (χ1v) is 12.4. The molecule has 0 unspecified atom stereocenters. The van der Waals surface area contributed by atoms with Gasteiger partial charge >= 0.3 is 0 Å². The monoisotopic (exact) mass is 475 g/mol. The molecule has 1 aliphatic carbocycles. The molecule has 1 fully saturated rings. The summed E-state index contributed by atoms with van der Waals surface area (Å²) >= 11 is 1.63. The van der Waals surface area contributed by atoms with E-state index in [4.69, 9.17) is 4.42 Å². The highest BCUT2D eigenvalue weighted by molar-refractivity contribution is 7.99. The van der Waals surface area contributed by atoms with Gasteiger partial charge in [-0.05, 0) is 54.8 Å². The highest BCUT2D eigenvalue weighted by Crippen LogP contribution is 2.27. The van der Waals surface area contributed by atoms with Crippen LogP contribution in [0.15, 0.2) is 88.9 Å². The number of thioether (sulfide) groups is 1. The molecular formula is C27H29N3O3S. The molecule has 0 bridgehead atoms. The van der Waals surface area contributed by atoms with Gasteiger partial charge in [0.05, 0.1) is 25.0 Å². The lowest BCUT2D eigenvalue weighted by atomic mass is 10.1. The van der Waals surface area contributed by atoms with E-state index in [0.717, 1.165) is 40.5 Å². The van der Waals surface area contributed by atoms with Gasteiger partial charge in [0.25, 0.3) is 5.91 Å². The van der Waals surface area contributed by atoms with E-state index in [2.05, 4.69) is 17.2 Å². The third kappa shape index (κ3) is 7.10. The fraction of sp³-hybridized carbons (Fsp3) is 0.259. The van der Waals surface area contributed by atoms with Crippen molar-refractivity contribution in [1.82, 2.24) is 10.2 Å². The summed E-state index contributed by atoms with van der Waals surface area (Å²) in [7, 11) is 0. The molecule has 4 rings (SSSR count). The van der Waals surface area contributed by atoms with Crippen molar-refractivity contribution in [2.75, 3.05) is 17.6 Å². The second kappa shape index (κ2) is 11.7. The molecule has 34 heavy (non-hydrogen) atoms. The van der Waals surface area contributed by atoms with Crippen LogP contribution < -0.4 is 10.6 Å². The van der Waals surface area contributed by atoms with Gasteiger partial charge in [-0.1, -0.05) is 30.3 Å².